The van der Waals surface area contributed by atoms with Gasteiger partial charge in [-0.15, -0.1) is 0 Å². The third-order valence-corrected chi connectivity index (χ3v) is 4.15. The summed E-state index contributed by atoms with van der Waals surface area (Å²) in [7, 11) is 0. The first-order valence-electron chi connectivity index (χ1n) is 8.16. The van der Waals surface area contributed by atoms with Crippen LogP contribution in [0.1, 0.15) is 31.4 Å². The zero-order valence-electron chi connectivity index (χ0n) is 13.5. The van der Waals surface area contributed by atoms with Crippen LogP contribution in [0, 0.1) is 0 Å². The molecule has 2 heterocycles. The third-order valence-electron chi connectivity index (χ3n) is 4.15. The largest absolute Gasteiger partial charge is 0.367 e. The molecular weight excluding hydrogens is 290 g/mol. The van der Waals surface area contributed by atoms with Crippen molar-refractivity contribution in [2.24, 2.45) is 0 Å². The van der Waals surface area contributed by atoms with Gasteiger partial charge in [-0.05, 0) is 18.9 Å². The number of hydrogen-bond donors (Lipinski definition) is 0. The maximum Gasteiger partial charge on any atom is 0.222 e. The quantitative estimate of drug-likeness (QED) is 0.852. The molecule has 1 aliphatic heterocycles. The van der Waals surface area contributed by atoms with E-state index >= 15 is 0 Å². The van der Waals surface area contributed by atoms with Crippen LogP contribution in [0.3, 0.4) is 0 Å². The highest BCUT2D eigenvalue weighted by molar-refractivity contribution is 5.76. The molecule has 0 aliphatic carbocycles. The van der Waals surface area contributed by atoms with Crippen LogP contribution in [0.5, 0.6) is 0 Å². The third kappa shape index (κ3) is 4.20. The Kier molecular flexibility index (Phi) is 5.08. The van der Waals surface area contributed by atoms with E-state index in [4.69, 9.17) is 4.74 Å². The van der Waals surface area contributed by atoms with E-state index in [9.17, 15) is 4.79 Å². The molecule has 5 nitrogen and oxygen atoms in total. The number of amides is 1. The Morgan fingerprint density at radius 1 is 1.30 bits per heavy atom. The fourth-order valence-corrected chi connectivity index (χ4v) is 3.00. The number of imidazole rings is 1. The number of ether oxygens (including phenoxy) is 1. The van der Waals surface area contributed by atoms with E-state index < -0.39 is 0 Å². The zero-order chi connectivity index (χ0) is 16.1. The highest BCUT2D eigenvalue weighted by Crippen LogP contribution is 2.25. The topological polar surface area (TPSA) is 47.4 Å². The van der Waals surface area contributed by atoms with Crippen molar-refractivity contribution in [3.8, 4) is 0 Å². The average Bonchev–Trinajstić information content (AvgIpc) is 3.08. The van der Waals surface area contributed by atoms with Crippen LogP contribution in [0.25, 0.3) is 0 Å². The van der Waals surface area contributed by atoms with Crippen molar-refractivity contribution in [1.29, 1.82) is 0 Å². The smallest absolute Gasteiger partial charge is 0.222 e. The van der Waals surface area contributed by atoms with E-state index in [-0.39, 0.29) is 18.1 Å². The van der Waals surface area contributed by atoms with Gasteiger partial charge in [0.15, 0.2) is 0 Å². The number of rotatable bonds is 5. The highest BCUT2D eigenvalue weighted by Gasteiger charge is 2.28. The SMILES string of the molecule is C[C@H]1CN(C(=O)CCCn2ccnc2)C[C@H](c2ccccc2)O1. The molecule has 3 rings (SSSR count). The second-order valence-electron chi connectivity index (χ2n) is 6.05. The van der Waals surface area contributed by atoms with Gasteiger partial charge in [-0.2, -0.15) is 0 Å². The fraction of sp³-hybridized carbons (Fsp3) is 0.444. The Bertz CT molecular complexity index is 612. The molecule has 0 unspecified atom stereocenters. The van der Waals surface area contributed by atoms with E-state index in [1.165, 1.54) is 0 Å². The minimum atomic E-state index is -0.0300. The minimum Gasteiger partial charge on any atom is -0.367 e. The summed E-state index contributed by atoms with van der Waals surface area (Å²) in [5.41, 5.74) is 1.13. The molecule has 1 aromatic heterocycles. The summed E-state index contributed by atoms with van der Waals surface area (Å²) in [4.78, 5) is 18.5. The molecule has 0 bridgehead atoms. The normalized spacial score (nSPS) is 21.3. The van der Waals surface area contributed by atoms with Crippen LogP contribution in [0.15, 0.2) is 49.1 Å². The summed E-state index contributed by atoms with van der Waals surface area (Å²) in [6, 6.07) is 10.1. The Balaban J connectivity index is 1.54. The predicted octanol–water partition coefficient (Wildman–Crippen LogP) is 2.65. The lowest BCUT2D eigenvalue weighted by molar-refractivity contribution is -0.145. The minimum absolute atomic E-state index is 0.0300. The van der Waals surface area contributed by atoms with Gasteiger partial charge in [-0.25, -0.2) is 4.98 Å². The molecule has 1 amide bonds. The maximum atomic E-state index is 12.5. The first-order chi connectivity index (χ1) is 11.2. The van der Waals surface area contributed by atoms with Gasteiger partial charge in [0.25, 0.3) is 0 Å². The van der Waals surface area contributed by atoms with Gasteiger partial charge in [0.1, 0.15) is 6.10 Å². The molecule has 1 aromatic carbocycles. The summed E-state index contributed by atoms with van der Waals surface area (Å²) >= 11 is 0. The number of aryl methyl sites for hydroxylation is 1. The first kappa shape index (κ1) is 15.7. The summed E-state index contributed by atoms with van der Waals surface area (Å²) in [6.07, 6.45) is 6.89. The number of hydrogen-bond acceptors (Lipinski definition) is 3. The van der Waals surface area contributed by atoms with Crippen molar-refractivity contribution >= 4 is 5.91 Å². The van der Waals surface area contributed by atoms with Crippen LogP contribution in [-0.2, 0) is 16.1 Å². The van der Waals surface area contributed by atoms with Crippen LogP contribution >= 0.6 is 0 Å². The number of benzene rings is 1. The van der Waals surface area contributed by atoms with Gasteiger partial charge < -0.3 is 14.2 Å². The molecule has 122 valence electrons. The van der Waals surface area contributed by atoms with Crippen LogP contribution < -0.4 is 0 Å². The van der Waals surface area contributed by atoms with E-state index in [0.717, 1.165) is 18.5 Å². The number of nitrogens with zero attached hydrogens (tertiary/aromatic N) is 3. The van der Waals surface area contributed by atoms with Crippen LogP contribution in [-0.4, -0.2) is 39.6 Å². The molecule has 5 heteroatoms. The summed E-state index contributed by atoms with van der Waals surface area (Å²) < 4.78 is 8.01. The second-order valence-corrected chi connectivity index (χ2v) is 6.05. The number of carbonyl (C=O) groups is 1. The van der Waals surface area contributed by atoms with E-state index in [0.29, 0.717) is 19.5 Å². The lowest BCUT2D eigenvalue weighted by Gasteiger charge is -2.37. The lowest BCUT2D eigenvalue weighted by Crippen LogP contribution is -2.45. The Morgan fingerprint density at radius 3 is 2.87 bits per heavy atom. The van der Waals surface area contributed by atoms with Gasteiger partial charge in [0.05, 0.1) is 19.0 Å². The van der Waals surface area contributed by atoms with Crippen molar-refractivity contribution in [3.05, 3.63) is 54.6 Å². The standard InChI is InChI=1S/C18H23N3O2/c1-15-12-21(13-17(23-15)16-6-3-2-4-7-16)18(22)8-5-10-20-11-9-19-14-20/h2-4,6-7,9,11,14-15,17H,5,8,10,12-13H2,1H3/t15-,17+/m0/s1. The van der Waals surface area contributed by atoms with Crippen LogP contribution in [0.4, 0.5) is 0 Å². The van der Waals surface area contributed by atoms with E-state index in [1.54, 1.807) is 12.5 Å². The molecule has 23 heavy (non-hydrogen) atoms. The van der Waals surface area contributed by atoms with Gasteiger partial charge in [0, 0.05) is 31.9 Å². The molecule has 1 fully saturated rings. The fourth-order valence-electron chi connectivity index (χ4n) is 3.00. The number of carbonyl (C=O) groups excluding carboxylic acids is 1. The van der Waals surface area contributed by atoms with Crippen LogP contribution in [0.2, 0.25) is 0 Å². The first-order valence-corrected chi connectivity index (χ1v) is 8.16. The molecule has 0 N–H and O–H groups in total. The van der Waals surface area contributed by atoms with E-state index in [2.05, 4.69) is 17.1 Å². The van der Waals surface area contributed by atoms with Crippen molar-refractivity contribution in [2.45, 2.75) is 38.5 Å². The Hall–Kier alpha value is -2.14. The summed E-state index contributed by atoms with van der Waals surface area (Å²) in [5, 5.41) is 0. The van der Waals surface area contributed by atoms with Gasteiger partial charge in [-0.3, -0.25) is 4.79 Å². The van der Waals surface area contributed by atoms with Crippen molar-refractivity contribution < 1.29 is 9.53 Å². The number of aromatic nitrogens is 2. The van der Waals surface area contributed by atoms with Gasteiger partial charge >= 0.3 is 0 Å². The molecule has 0 saturated carbocycles. The van der Waals surface area contributed by atoms with E-state index in [1.807, 2.05) is 40.8 Å². The Labute approximate surface area is 136 Å². The van der Waals surface area contributed by atoms with Crippen molar-refractivity contribution in [2.75, 3.05) is 13.1 Å². The predicted molar refractivity (Wildman–Crippen MR) is 87.8 cm³/mol. The molecule has 1 aliphatic rings. The van der Waals surface area contributed by atoms with Gasteiger partial charge in [0.2, 0.25) is 5.91 Å². The van der Waals surface area contributed by atoms with Crippen molar-refractivity contribution in [3.63, 3.8) is 0 Å². The lowest BCUT2D eigenvalue weighted by atomic mass is 10.1. The summed E-state index contributed by atoms with van der Waals surface area (Å²) in [5.74, 6) is 0.209. The second kappa shape index (κ2) is 7.42. The molecule has 0 spiro atoms. The molecular formula is C18H23N3O2. The Morgan fingerprint density at radius 2 is 2.13 bits per heavy atom. The molecule has 0 radical (unpaired) electrons. The zero-order valence-corrected chi connectivity index (χ0v) is 13.5. The number of morpholine rings is 1. The molecule has 2 atom stereocenters. The van der Waals surface area contributed by atoms with Gasteiger partial charge in [-0.1, -0.05) is 30.3 Å². The average molecular weight is 313 g/mol. The molecule has 1 saturated heterocycles. The summed E-state index contributed by atoms with van der Waals surface area (Å²) in [6.45, 7) is 4.17. The van der Waals surface area contributed by atoms with Crippen molar-refractivity contribution in [1.82, 2.24) is 14.5 Å². The molecule has 2 aromatic rings. The monoisotopic (exact) mass is 313 g/mol. The maximum absolute atomic E-state index is 12.5. The highest BCUT2D eigenvalue weighted by atomic mass is 16.5.